The van der Waals surface area contributed by atoms with Crippen molar-refractivity contribution in [3.8, 4) is 17.3 Å². The molecule has 2 aromatic rings. The predicted molar refractivity (Wildman–Crippen MR) is 97.4 cm³/mol. The molecule has 0 radical (unpaired) electrons. The number of nitriles is 1. The minimum atomic E-state index is -0.182. The molecule has 0 amide bonds. The Balaban J connectivity index is 1.54. The molecule has 0 unspecified atom stereocenters. The number of nitrogens with one attached hydrogen (secondary N) is 1. The van der Waals surface area contributed by atoms with Gasteiger partial charge in [0.1, 0.15) is 0 Å². The molecule has 0 aliphatic carbocycles. The van der Waals surface area contributed by atoms with Crippen LogP contribution >= 0.6 is 11.3 Å². The summed E-state index contributed by atoms with van der Waals surface area (Å²) in [4.78, 5) is 18.1. The van der Waals surface area contributed by atoms with Crippen LogP contribution in [0.4, 0.5) is 5.13 Å². The minimum Gasteiger partial charge on any atom is -0.468 e. The number of ether oxygens (including phenoxy) is 1. The lowest BCUT2D eigenvalue weighted by Crippen LogP contribution is -2.41. The summed E-state index contributed by atoms with van der Waals surface area (Å²) in [5.74, 6) is -0.182. The van der Waals surface area contributed by atoms with Crippen molar-refractivity contribution >= 4 is 22.4 Å². The number of nitrogens with zero attached hydrogens (tertiary/aromatic N) is 3. The molecule has 1 saturated heterocycles. The molecule has 1 fully saturated rings. The molecule has 130 valence electrons. The van der Waals surface area contributed by atoms with Gasteiger partial charge < -0.3 is 10.1 Å². The summed E-state index contributed by atoms with van der Waals surface area (Å²) >= 11 is 1.59. The van der Waals surface area contributed by atoms with Crippen LogP contribution in [0, 0.1) is 11.3 Å². The van der Waals surface area contributed by atoms with Crippen molar-refractivity contribution < 1.29 is 9.53 Å². The zero-order valence-electron chi connectivity index (χ0n) is 14.1. The van der Waals surface area contributed by atoms with E-state index in [1.54, 1.807) is 23.5 Å². The van der Waals surface area contributed by atoms with Gasteiger partial charge in [0.2, 0.25) is 0 Å². The maximum Gasteiger partial charge on any atom is 0.319 e. The highest BCUT2D eigenvalue weighted by Gasteiger charge is 2.21. The molecule has 0 atom stereocenters. The fourth-order valence-electron chi connectivity index (χ4n) is 2.85. The van der Waals surface area contributed by atoms with Crippen molar-refractivity contribution in [1.29, 1.82) is 5.26 Å². The van der Waals surface area contributed by atoms with Crippen molar-refractivity contribution in [3.05, 3.63) is 35.2 Å². The number of hydrogen-bond acceptors (Lipinski definition) is 7. The van der Waals surface area contributed by atoms with E-state index in [2.05, 4.69) is 21.3 Å². The van der Waals surface area contributed by atoms with E-state index < -0.39 is 0 Å². The van der Waals surface area contributed by atoms with Gasteiger partial charge in [0.05, 0.1) is 31.0 Å². The van der Waals surface area contributed by atoms with E-state index >= 15 is 0 Å². The number of thiazole rings is 1. The highest BCUT2D eigenvalue weighted by atomic mass is 32.1. The Morgan fingerprint density at radius 2 is 2.12 bits per heavy atom. The summed E-state index contributed by atoms with van der Waals surface area (Å²) in [6, 6.07) is 9.94. The lowest BCUT2D eigenvalue weighted by Gasteiger charge is -2.31. The summed E-state index contributed by atoms with van der Waals surface area (Å²) < 4.78 is 4.71. The molecule has 7 heteroatoms. The lowest BCUT2D eigenvalue weighted by molar-refractivity contribution is -0.142. The summed E-state index contributed by atoms with van der Waals surface area (Å²) in [5.41, 5.74) is 2.58. The van der Waals surface area contributed by atoms with Crippen LogP contribution < -0.4 is 5.32 Å². The van der Waals surface area contributed by atoms with Crippen LogP contribution in [-0.2, 0) is 9.53 Å². The third-order valence-electron chi connectivity index (χ3n) is 4.31. The average Bonchev–Trinajstić information content (AvgIpc) is 3.12. The summed E-state index contributed by atoms with van der Waals surface area (Å²) in [7, 11) is 1.42. The van der Waals surface area contributed by atoms with Crippen LogP contribution in [-0.4, -0.2) is 48.6 Å². The van der Waals surface area contributed by atoms with Gasteiger partial charge in [-0.1, -0.05) is 12.1 Å². The van der Waals surface area contributed by atoms with Crippen LogP contribution in [0.3, 0.4) is 0 Å². The lowest BCUT2D eigenvalue weighted by atomic mass is 10.1. The fraction of sp³-hybridized carbons (Fsp3) is 0.389. The van der Waals surface area contributed by atoms with Gasteiger partial charge in [-0.15, -0.1) is 11.3 Å². The van der Waals surface area contributed by atoms with E-state index in [-0.39, 0.29) is 5.97 Å². The quantitative estimate of drug-likeness (QED) is 0.830. The number of carbonyl (C=O) groups excluding carboxylic acids is 1. The number of benzene rings is 1. The molecule has 0 saturated carbocycles. The highest BCUT2D eigenvalue weighted by molar-refractivity contribution is 7.14. The number of carbonyl (C=O) groups is 1. The smallest absolute Gasteiger partial charge is 0.319 e. The van der Waals surface area contributed by atoms with Crippen LogP contribution in [0.25, 0.3) is 11.3 Å². The van der Waals surface area contributed by atoms with E-state index in [0.29, 0.717) is 18.2 Å². The van der Waals surface area contributed by atoms with Gasteiger partial charge in [-0.05, 0) is 25.0 Å². The van der Waals surface area contributed by atoms with E-state index in [1.165, 1.54) is 7.11 Å². The molecule has 1 aliphatic rings. The average molecular weight is 356 g/mol. The van der Waals surface area contributed by atoms with Gasteiger partial charge in [0.25, 0.3) is 0 Å². The number of esters is 1. The molecule has 3 rings (SSSR count). The number of methoxy groups -OCH3 is 1. The minimum absolute atomic E-state index is 0.182. The fourth-order valence-corrected chi connectivity index (χ4v) is 3.64. The third kappa shape index (κ3) is 4.56. The number of aromatic nitrogens is 1. The summed E-state index contributed by atoms with van der Waals surface area (Å²) in [5, 5.41) is 15.3. The van der Waals surface area contributed by atoms with E-state index in [1.807, 2.05) is 17.5 Å². The largest absolute Gasteiger partial charge is 0.468 e. The number of hydrogen-bond donors (Lipinski definition) is 1. The van der Waals surface area contributed by atoms with Crippen molar-refractivity contribution in [1.82, 2.24) is 9.88 Å². The second-order valence-corrected chi connectivity index (χ2v) is 6.86. The number of rotatable bonds is 5. The molecule has 0 bridgehead atoms. The van der Waals surface area contributed by atoms with Crippen LogP contribution in [0.5, 0.6) is 0 Å². The molecule has 1 aromatic carbocycles. The predicted octanol–water partition coefficient (Wildman–Crippen LogP) is 2.73. The Labute approximate surface area is 151 Å². The molecule has 25 heavy (non-hydrogen) atoms. The van der Waals surface area contributed by atoms with Gasteiger partial charge in [0, 0.05) is 30.1 Å². The highest BCUT2D eigenvalue weighted by Crippen LogP contribution is 2.26. The van der Waals surface area contributed by atoms with Gasteiger partial charge in [0.15, 0.2) is 5.13 Å². The molecular weight excluding hydrogens is 336 g/mol. The van der Waals surface area contributed by atoms with Crippen LogP contribution in [0.15, 0.2) is 29.6 Å². The Bertz CT molecular complexity index is 758. The van der Waals surface area contributed by atoms with Crippen molar-refractivity contribution in [2.24, 2.45) is 0 Å². The Morgan fingerprint density at radius 1 is 1.40 bits per heavy atom. The molecule has 2 heterocycles. The van der Waals surface area contributed by atoms with E-state index in [0.717, 1.165) is 42.3 Å². The standard InChI is InChI=1S/C18H20N4O2S/c1-24-17(23)11-22-8-6-15(7-9-22)20-18-21-16(12-25-18)14-4-2-13(10-19)3-5-14/h2-5,12,15H,6-9,11H2,1H3,(H,20,21). The number of piperidine rings is 1. The maximum absolute atomic E-state index is 11.3. The topological polar surface area (TPSA) is 78.2 Å². The third-order valence-corrected chi connectivity index (χ3v) is 5.08. The molecule has 0 spiro atoms. The van der Waals surface area contributed by atoms with Crippen molar-refractivity contribution in [3.63, 3.8) is 0 Å². The Kier molecular flexibility index (Phi) is 5.64. The first-order valence-corrected chi connectivity index (χ1v) is 9.07. The zero-order valence-corrected chi connectivity index (χ0v) is 14.9. The van der Waals surface area contributed by atoms with E-state index in [4.69, 9.17) is 10.00 Å². The SMILES string of the molecule is COC(=O)CN1CCC(Nc2nc(-c3ccc(C#N)cc3)cs2)CC1. The van der Waals surface area contributed by atoms with Gasteiger partial charge in [-0.25, -0.2) is 4.98 Å². The maximum atomic E-state index is 11.3. The monoisotopic (exact) mass is 356 g/mol. The Morgan fingerprint density at radius 3 is 2.76 bits per heavy atom. The van der Waals surface area contributed by atoms with Gasteiger partial charge in [-0.3, -0.25) is 9.69 Å². The second kappa shape index (κ2) is 8.10. The molecule has 1 aromatic heterocycles. The molecular formula is C18H20N4O2S. The number of likely N-dealkylation sites (tertiary alicyclic amines) is 1. The van der Waals surface area contributed by atoms with Crippen molar-refractivity contribution in [2.75, 3.05) is 32.1 Å². The molecule has 1 N–H and O–H groups in total. The first-order valence-electron chi connectivity index (χ1n) is 8.19. The second-order valence-electron chi connectivity index (χ2n) is 6.00. The normalized spacial score (nSPS) is 15.5. The zero-order chi connectivity index (χ0) is 17.6. The van der Waals surface area contributed by atoms with E-state index in [9.17, 15) is 4.79 Å². The van der Waals surface area contributed by atoms with Gasteiger partial charge >= 0.3 is 5.97 Å². The Hall–Kier alpha value is -2.43. The van der Waals surface area contributed by atoms with Crippen LogP contribution in [0.1, 0.15) is 18.4 Å². The molecule has 6 nitrogen and oxygen atoms in total. The van der Waals surface area contributed by atoms with Crippen molar-refractivity contribution in [2.45, 2.75) is 18.9 Å². The van der Waals surface area contributed by atoms with Crippen LogP contribution in [0.2, 0.25) is 0 Å². The molecule has 1 aliphatic heterocycles. The summed E-state index contributed by atoms with van der Waals surface area (Å²) in [6.07, 6.45) is 1.95. The number of anilines is 1. The summed E-state index contributed by atoms with van der Waals surface area (Å²) in [6.45, 7) is 2.12. The van der Waals surface area contributed by atoms with Gasteiger partial charge in [-0.2, -0.15) is 5.26 Å². The first-order chi connectivity index (χ1) is 12.2. The first kappa shape index (κ1) is 17.4.